The Kier molecular flexibility index (Phi) is 10.9. The predicted molar refractivity (Wildman–Crippen MR) is 218 cm³/mol. The molecular formula is C44H49N5O6Si. The lowest BCUT2D eigenvalue weighted by Crippen LogP contribution is -2.49. The molecule has 0 saturated carbocycles. The number of aromatic nitrogens is 4. The number of ether oxygens (including phenoxy) is 3. The van der Waals surface area contributed by atoms with E-state index < -0.39 is 38.5 Å². The Balaban J connectivity index is 1.28. The van der Waals surface area contributed by atoms with Crippen molar-refractivity contribution >= 4 is 31.2 Å². The number of amides is 1. The Labute approximate surface area is 328 Å². The maximum absolute atomic E-state index is 13.1. The van der Waals surface area contributed by atoms with Gasteiger partial charge in [0.05, 0.1) is 20.0 Å². The van der Waals surface area contributed by atoms with Gasteiger partial charge in [-0.3, -0.25) is 9.36 Å². The van der Waals surface area contributed by atoms with Crippen molar-refractivity contribution in [1.29, 1.82) is 0 Å². The van der Waals surface area contributed by atoms with Crippen molar-refractivity contribution in [3.8, 4) is 5.75 Å². The minimum absolute atomic E-state index is 0.00380. The van der Waals surface area contributed by atoms with Crippen molar-refractivity contribution in [3.05, 3.63) is 150 Å². The zero-order valence-corrected chi connectivity index (χ0v) is 33.8. The minimum Gasteiger partial charge on any atom is -0.497 e. The fourth-order valence-corrected chi connectivity index (χ4v) is 8.16. The van der Waals surface area contributed by atoms with Crippen LogP contribution in [-0.4, -0.2) is 70.9 Å². The molecule has 11 nitrogen and oxygen atoms in total. The van der Waals surface area contributed by atoms with Gasteiger partial charge in [0.15, 0.2) is 31.5 Å². The first-order valence-corrected chi connectivity index (χ1v) is 21.7. The van der Waals surface area contributed by atoms with E-state index in [2.05, 4.69) is 85.3 Å². The second-order valence-corrected chi connectivity index (χ2v) is 20.5. The summed E-state index contributed by atoms with van der Waals surface area (Å²) < 4.78 is 28.3. The summed E-state index contributed by atoms with van der Waals surface area (Å²) in [7, 11) is -0.838. The maximum Gasteiger partial charge on any atom is 0.256 e. The number of fused-ring (bicyclic) bond motifs is 1. The van der Waals surface area contributed by atoms with Gasteiger partial charge in [-0.25, -0.2) is 15.0 Å². The quantitative estimate of drug-likeness (QED) is 0.0938. The SMILES string of the molecule is COc1ccc(C(OC[C@H]2O[C@@H](n3cnc4c(NC(=O)c5ccccc5)ncnc43)[C@@H](O[Si](C)(C)C(C)(C)C)C2O)(c2ccccc2)c2ccc(C)cc2)cc1. The summed E-state index contributed by atoms with van der Waals surface area (Å²) >= 11 is 0. The molecule has 7 rings (SSSR count). The number of anilines is 1. The summed E-state index contributed by atoms with van der Waals surface area (Å²) in [6.07, 6.45) is -0.576. The van der Waals surface area contributed by atoms with Crippen LogP contribution in [0.4, 0.5) is 5.82 Å². The Morgan fingerprint density at radius 3 is 2.09 bits per heavy atom. The highest BCUT2D eigenvalue weighted by Gasteiger charge is 2.52. The van der Waals surface area contributed by atoms with Crippen LogP contribution in [0, 0.1) is 6.92 Å². The monoisotopic (exact) mass is 771 g/mol. The molecule has 1 amide bonds. The van der Waals surface area contributed by atoms with Crippen LogP contribution in [0.15, 0.2) is 122 Å². The molecule has 1 aliphatic heterocycles. The van der Waals surface area contributed by atoms with Crippen molar-refractivity contribution < 1.29 is 28.5 Å². The van der Waals surface area contributed by atoms with E-state index in [0.717, 1.165) is 28.0 Å². The summed E-state index contributed by atoms with van der Waals surface area (Å²) in [5, 5.41) is 15.0. The molecule has 1 saturated heterocycles. The third-order valence-corrected chi connectivity index (χ3v) is 15.5. The van der Waals surface area contributed by atoms with Crippen LogP contribution in [0.5, 0.6) is 5.75 Å². The van der Waals surface area contributed by atoms with Gasteiger partial charge in [0.25, 0.3) is 5.91 Å². The molecule has 2 unspecified atom stereocenters. The molecule has 4 aromatic carbocycles. The lowest BCUT2D eigenvalue weighted by molar-refractivity contribution is -0.0940. The highest BCUT2D eigenvalue weighted by Crippen LogP contribution is 2.45. The molecule has 56 heavy (non-hydrogen) atoms. The van der Waals surface area contributed by atoms with Crippen LogP contribution in [0.1, 0.15) is 59.6 Å². The number of aliphatic hydroxyl groups is 1. The Hall–Kier alpha value is -5.24. The first kappa shape index (κ1) is 39.0. The second kappa shape index (κ2) is 15.7. The maximum atomic E-state index is 13.1. The van der Waals surface area contributed by atoms with E-state index in [1.807, 2.05) is 60.7 Å². The fraction of sp³-hybridized carbons (Fsp3) is 0.318. The van der Waals surface area contributed by atoms with Gasteiger partial charge >= 0.3 is 0 Å². The predicted octanol–water partition coefficient (Wildman–Crippen LogP) is 8.05. The second-order valence-electron chi connectivity index (χ2n) is 15.7. The molecular weight excluding hydrogens is 723 g/mol. The summed E-state index contributed by atoms with van der Waals surface area (Å²) in [6.45, 7) is 12.8. The molecule has 0 aliphatic carbocycles. The number of nitrogens with zero attached hydrogens (tertiary/aromatic N) is 4. The van der Waals surface area contributed by atoms with Crippen LogP contribution in [0.3, 0.4) is 0 Å². The summed E-state index contributed by atoms with van der Waals surface area (Å²) in [5.74, 6) is 0.659. The molecule has 290 valence electrons. The summed E-state index contributed by atoms with van der Waals surface area (Å²) in [4.78, 5) is 26.7. The van der Waals surface area contributed by atoms with Crippen LogP contribution < -0.4 is 10.1 Å². The number of imidazole rings is 1. The molecule has 2 aromatic heterocycles. The molecule has 0 radical (unpaired) electrons. The molecule has 1 fully saturated rings. The average molecular weight is 772 g/mol. The summed E-state index contributed by atoms with van der Waals surface area (Å²) in [6, 6.07) is 35.1. The largest absolute Gasteiger partial charge is 0.497 e. The molecule has 1 aliphatic rings. The zero-order chi connectivity index (χ0) is 39.7. The van der Waals surface area contributed by atoms with E-state index >= 15 is 0 Å². The number of benzene rings is 4. The van der Waals surface area contributed by atoms with Gasteiger partial charge in [-0.15, -0.1) is 0 Å². The zero-order valence-electron chi connectivity index (χ0n) is 32.8. The van der Waals surface area contributed by atoms with Crippen molar-refractivity contribution in [2.45, 2.75) is 76.0 Å². The molecule has 2 N–H and O–H groups in total. The van der Waals surface area contributed by atoms with E-state index in [4.69, 9.17) is 18.6 Å². The normalized spacial score (nSPS) is 19.8. The summed E-state index contributed by atoms with van der Waals surface area (Å²) in [5.41, 5.74) is 4.03. The first-order chi connectivity index (χ1) is 26.8. The lowest BCUT2D eigenvalue weighted by atomic mass is 9.79. The van der Waals surface area contributed by atoms with E-state index in [1.54, 1.807) is 42.3 Å². The van der Waals surface area contributed by atoms with Gasteiger partial charge in [-0.05, 0) is 66.0 Å². The number of carbonyl (C=O) groups is 1. The third kappa shape index (κ3) is 7.50. The fourth-order valence-electron chi connectivity index (χ4n) is 6.87. The van der Waals surface area contributed by atoms with Crippen LogP contribution in [-0.2, 0) is 19.5 Å². The molecule has 5 atom stereocenters. The third-order valence-electron chi connectivity index (χ3n) is 11.0. The number of hydrogen-bond acceptors (Lipinski definition) is 9. The van der Waals surface area contributed by atoms with Gasteiger partial charge in [0, 0.05) is 5.56 Å². The van der Waals surface area contributed by atoms with Crippen molar-refractivity contribution in [1.82, 2.24) is 19.5 Å². The van der Waals surface area contributed by atoms with Crippen LogP contribution >= 0.6 is 0 Å². The number of hydrogen-bond donors (Lipinski definition) is 2. The van der Waals surface area contributed by atoms with Gasteiger partial charge in [0.1, 0.15) is 36.0 Å². The molecule has 6 aromatic rings. The van der Waals surface area contributed by atoms with Gasteiger partial charge in [0.2, 0.25) is 0 Å². The van der Waals surface area contributed by atoms with Crippen molar-refractivity contribution in [2.75, 3.05) is 19.0 Å². The van der Waals surface area contributed by atoms with Gasteiger partial charge in [-0.1, -0.05) is 111 Å². The van der Waals surface area contributed by atoms with Gasteiger partial charge in [-0.2, -0.15) is 0 Å². The minimum atomic E-state index is -2.48. The lowest BCUT2D eigenvalue weighted by Gasteiger charge is -2.40. The highest BCUT2D eigenvalue weighted by atomic mass is 28.4. The van der Waals surface area contributed by atoms with Crippen molar-refractivity contribution in [3.63, 3.8) is 0 Å². The number of methoxy groups -OCH3 is 1. The Bertz CT molecular complexity index is 2260. The highest BCUT2D eigenvalue weighted by molar-refractivity contribution is 6.74. The number of aryl methyl sites for hydroxylation is 1. The topological polar surface area (TPSA) is 130 Å². The van der Waals surface area contributed by atoms with Crippen molar-refractivity contribution in [2.24, 2.45) is 0 Å². The molecule has 0 bridgehead atoms. The van der Waals surface area contributed by atoms with E-state index in [0.29, 0.717) is 16.7 Å². The van der Waals surface area contributed by atoms with Gasteiger partial charge < -0.3 is 29.1 Å². The molecule has 0 spiro atoms. The first-order valence-electron chi connectivity index (χ1n) is 18.8. The number of carbonyl (C=O) groups excluding carboxylic acids is 1. The number of nitrogens with one attached hydrogen (secondary N) is 1. The Morgan fingerprint density at radius 2 is 1.46 bits per heavy atom. The Morgan fingerprint density at radius 1 is 0.857 bits per heavy atom. The van der Waals surface area contributed by atoms with E-state index in [1.165, 1.54) is 6.33 Å². The van der Waals surface area contributed by atoms with E-state index in [9.17, 15) is 9.90 Å². The van der Waals surface area contributed by atoms with Crippen LogP contribution in [0.25, 0.3) is 11.2 Å². The van der Waals surface area contributed by atoms with Crippen LogP contribution in [0.2, 0.25) is 18.1 Å². The molecule has 3 heterocycles. The number of aliphatic hydroxyl groups excluding tert-OH is 1. The molecule has 12 heteroatoms. The average Bonchev–Trinajstić information content (AvgIpc) is 3.76. The number of rotatable bonds is 12. The standard InChI is InChI=1S/C44H49N5O6Si/c1-29-18-20-32(21-19-29)44(31-16-12-9-13-17-31,33-22-24-34(52-5)25-23-33)53-26-35-37(50)38(55-56(6,7)43(2,3)4)42(54-35)49-28-47-36-39(45-27-46-40(36)49)48-41(51)30-14-10-8-11-15-30/h8-25,27-28,35,37-38,42,50H,26H2,1-7H3,(H,45,46,48,51)/t35-,37?,38+,42-,44?/m1/s1. The van der Waals surface area contributed by atoms with E-state index in [-0.39, 0.29) is 23.4 Å². The smallest absolute Gasteiger partial charge is 0.256 e.